The van der Waals surface area contributed by atoms with E-state index in [2.05, 4.69) is 10.3 Å². The number of pyridine rings is 1. The van der Waals surface area contributed by atoms with Crippen LogP contribution in [0.3, 0.4) is 0 Å². The van der Waals surface area contributed by atoms with Crippen molar-refractivity contribution in [2.45, 2.75) is 0 Å². The zero-order valence-corrected chi connectivity index (χ0v) is 10.7. The van der Waals surface area contributed by atoms with Gasteiger partial charge in [-0.2, -0.15) is 0 Å². The smallest absolute Gasteiger partial charge is 0.337 e. The van der Waals surface area contributed by atoms with Gasteiger partial charge in [-0.1, -0.05) is 12.1 Å². The number of hydrogen-bond donors (Lipinski definition) is 2. The number of benzene rings is 1. The van der Waals surface area contributed by atoms with Gasteiger partial charge in [0.2, 0.25) is 5.88 Å². The van der Waals surface area contributed by atoms with Crippen LogP contribution in [0.1, 0.15) is 20.7 Å². The quantitative estimate of drug-likeness (QED) is 0.889. The van der Waals surface area contributed by atoms with Gasteiger partial charge in [-0.15, -0.1) is 0 Å². The molecule has 0 saturated carbocycles. The van der Waals surface area contributed by atoms with Gasteiger partial charge in [0, 0.05) is 12.3 Å². The number of carbonyl (C=O) groups is 2. The first-order chi connectivity index (χ1) is 9.61. The molecule has 1 aromatic heterocycles. The molecule has 20 heavy (non-hydrogen) atoms. The molecule has 0 aliphatic rings. The number of rotatable bonds is 4. The summed E-state index contributed by atoms with van der Waals surface area (Å²) in [6.45, 7) is 0. The van der Waals surface area contributed by atoms with Crippen molar-refractivity contribution in [3.8, 4) is 5.88 Å². The summed E-state index contributed by atoms with van der Waals surface area (Å²) in [5.41, 5.74) is 0.578. The van der Waals surface area contributed by atoms with E-state index in [4.69, 9.17) is 9.84 Å². The van der Waals surface area contributed by atoms with E-state index in [1.807, 2.05) is 0 Å². The largest absolute Gasteiger partial charge is 0.481 e. The minimum absolute atomic E-state index is 0.0299. The number of ether oxygens (including phenoxy) is 1. The number of carboxylic acids is 1. The fourth-order valence-corrected chi connectivity index (χ4v) is 1.61. The van der Waals surface area contributed by atoms with E-state index >= 15 is 0 Å². The molecular formula is C14H12N2O4. The van der Waals surface area contributed by atoms with Crippen molar-refractivity contribution in [2.75, 3.05) is 12.4 Å². The van der Waals surface area contributed by atoms with E-state index in [0.29, 0.717) is 11.4 Å². The third-order valence-corrected chi connectivity index (χ3v) is 2.61. The second-order valence-electron chi connectivity index (χ2n) is 3.89. The van der Waals surface area contributed by atoms with Crippen LogP contribution in [0.4, 0.5) is 5.69 Å². The second kappa shape index (κ2) is 5.83. The van der Waals surface area contributed by atoms with Gasteiger partial charge in [0.05, 0.1) is 23.9 Å². The Morgan fingerprint density at radius 2 is 1.95 bits per heavy atom. The van der Waals surface area contributed by atoms with Crippen molar-refractivity contribution in [3.63, 3.8) is 0 Å². The van der Waals surface area contributed by atoms with Crippen LogP contribution in [0.5, 0.6) is 5.88 Å². The Morgan fingerprint density at radius 1 is 1.20 bits per heavy atom. The van der Waals surface area contributed by atoms with Gasteiger partial charge in [0.25, 0.3) is 5.91 Å². The number of methoxy groups -OCH3 is 1. The van der Waals surface area contributed by atoms with Gasteiger partial charge in [-0.25, -0.2) is 9.78 Å². The number of aromatic carboxylic acids is 1. The summed E-state index contributed by atoms with van der Waals surface area (Å²) in [5, 5.41) is 11.6. The second-order valence-corrected chi connectivity index (χ2v) is 3.89. The number of anilines is 1. The Balaban J connectivity index is 2.21. The molecule has 0 aliphatic heterocycles. The zero-order chi connectivity index (χ0) is 14.5. The third kappa shape index (κ3) is 2.92. The molecule has 102 valence electrons. The molecule has 6 nitrogen and oxygen atoms in total. The lowest BCUT2D eigenvalue weighted by Gasteiger charge is -2.08. The number of carboxylic acid groups (broad SMARTS) is 1. The average molecular weight is 272 g/mol. The molecule has 2 N–H and O–H groups in total. The first-order valence-electron chi connectivity index (χ1n) is 5.75. The molecule has 2 aromatic rings. The van der Waals surface area contributed by atoms with Gasteiger partial charge >= 0.3 is 5.97 Å². The highest BCUT2D eigenvalue weighted by Gasteiger charge is 2.13. The van der Waals surface area contributed by atoms with Gasteiger partial charge in [-0.05, 0) is 18.2 Å². The Morgan fingerprint density at radius 3 is 2.55 bits per heavy atom. The van der Waals surface area contributed by atoms with Gasteiger partial charge in [0.1, 0.15) is 0 Å². The maximum atomic E-state index is 12.0. The Labute approximate surface area is 115 Å². The van der Waals surface area contributed by atoms with E-state index in [1.54, 1.807) is 24.3 Å². The lowest BCUT2D eigenvalue weighted by Crippen LogP contribution is -2.15. The summed E-state index contributed by atoms with van der Waals surface area (Å²) < 4.78 is 4.90. The fourth-order valence-electron chi connectivity index (χ4n) is 1.61. The molecule has 0 atom stereocenters. The molecule has 0 saturated heterocycles. The first kappa shape index (κ1) is 13.5. The van der Waals surface area contributed by atoms with Crippen molar-refractivity contribution in [2.24, 2.45) is 0 Å². The van der Waals surface area contributed by atoms with Crippen LogP contribution in [0, 0.1) is 0 Å². The summed E-state index contributed by atoms with van der Waals surface area (Å²) in [4.78, 5) is 27.0. The summed E-state index contributed by atoms with van der Waals surface area (Å²) in [5.74, 6) is -1.14. The number of carbonyl (C=O) groups excluding carboxylic acids is 1. The molecule has 1 amide bonds. The first-order valence-corrected chi connectivity index (χ1v) is 5.75. The van der Waals surface area contributed by atoms with Crippen molar-refractivity contribution in [1.29, 1.82) is 0 Å². The van der Waals surface area contributed by atoms with Crippen LogP contribution >= 0.6 is 0 Å². The highest BCUT2D eigenvalue weighted by molar-refractivity contribution is 6.07. The van der Waals surface area contributed by atoms with Crippen LogP contribution in [-0.4, -0.2) is 29.1 Å². The highest BCUT2D eigenvalue weighted by atomic mass is 16.5. The van der Waals surface area contributed by atoms with E-state index in [1.165, 1.54) is 25.4 Å². The predicted molar refractivity (Wildman–Crippen MR) is 72.1 cm³/mol. The molecule has 0 spiro atoms. The van der Waals surface area contributed by atoms with E-state index < -0.39 is 11.9 Å². The third-order valence-electron chi connectivity index (χ3n) is 2.61. The lowest BCUT2D eigenvalue weighted by atomic mass is 10.1. The standard InChI is InChI=1S/C14H12N2O4/c1-20-12-7-6-9(8-15-12)13(17)16-11-5-3-2-4-10(11)14(18)19/h2-8H,1H3,(H,16,17)(H,18,19). The molecule has 0 bridgehead atoms. The van der Waals surface area contributed by atoms with Crippen LogP contribution in [0.15, 0.2) is 42.6 Å². The van der Waals surface area contributed by atoms with Gasteiger partial charge in [0.15, 0.2) is 0 Å². The van der Waals surface area contributed by atoms with Crippen LogP contribution in [0.2, 0.25) is 0 Å². The minimum atomic E-state index is -1.10. The molecular weight excluding hydrogens is 260 g/mol. The monoisotopic (exact) mass is 272 g/mol. The number of aromatic nitrogens is 1. The van der Waals surface area contributed by atoms with Crippen molar-refractivity contribution >= 4 is 17.6 Å². The van der Waals surface area contributed by atoms with Gasteiger partial charge in [-0.3, -0.25) is 4.79 Å². The average Bonchev–Trinajstić information content (AvgIpc) is 2.47. The van der Waals surface area contributed by atoms with Crippen LogP contribution in [0.25, 0.3) is 0 Å². The highest BCUT2D eigenvalue weighted by Crippen LogP contribution is 2.16. The Hall–Kier alpha value is -2.89. The maximum absolute atomic E-state index is 12.0. The van der Waals surface area contributed by atoms with Crippen molar-refractivity contribution in [3.05, 3.63) is 53.7 Å². The topological polar surface area (TPSA) is 88.5 Å². The molecule has 0 fully saturated rings. The van der Waals surface area contributed by atoms with Crippen molar-refractivity contribution in [1.82, 2.24) is 4.98 Å². The van der Waals surface area contributed by atoms with Crippen LogP contribution < -0.4 is 10.1 Å². The Kier molecular flexibility index (Phi) is 3.95. The molecule has 1 heterocycles. The number of para-hydroxylation sites is 1. The number of hydrogen-bond acceptors (Lipinski definition) is 4. The molecule has 0 unspecified atom stereocenters. The number of nitrogens with one attached hydrogen (secondary N) is 1. The Bertz CT molecular complexity index is 638. The SMILES string of the molecule is COc1ccc(C(=O)Nc2ccccc2C(=O)O)cn1. The maximum Gasteiger partial charge on any atom is 0.337 e. The van der Waals surface area contributed by atoms with E-state index in [9.17, 15) is 9.59 Å². The minimum Gasteiger partial charge on any atom is -0.481 e. The number of amides is 1. The molecule has 0 radical (unpaired) electrons. The molecule has 1 aromatic carbocycles. The van der Waals surface area contributed by atoms with E-state index in [0.717, 1.165) is 0 Å². The van der Waals surface area contributed by atoms with Gasteiger partial charge < -0.3 is 15.2 Å². The summed E-state index contributed by atoms with van der Waals surface area (Å²) in [7, 11) is 1.48. The molecule has 6 heteroatoms. The molecule has 0 aliphatic carbocycles. The molecule has 2 rings (SSSR count). The predicted octanol–water partition coefficient (Wildman–Crippen LogP) is 2.04. The van der Waals surface area contributed by atoms with Crippen molar-refractivity contribution < 1.29 is 19.4 Å². The lowest BCUT2D eigenvalue weighted by molar-refractivity contribution is 0.0698. The summed E-state index contributed by atoms with van der Waals surface area (Å²) in [6.07, 6.45) is 1.36. The number of nitrogens with zero attached hydrogens (tertiary/aromatic N) is 1. The van der Waals surface area contributed by atoms with E-state index in [-0.39, 0.29) is 11.3 Å². The zero-order valence-electron chi connectivity index (χ0n) is 10.7. The summed E-state index contributed by atoms with van der Waals surface area (Å²) in [6, 6.07) is 9.29. The van der Waals surface area contributed by atoms with Crippen LogP contribution in [-0.2, 0) is 0 Å². The normalized spacial score (nSPS) is 9.85. The fraction of sp³-hybridized carbons (Fsp3) is 0.0714. The summed E-state index contributed by atoms with van der Waals surface area (Å²) >= 11 is 0.